The van der Waals surface area contributed by atoms with Crippen LogP contribution in [0.1, 0.15) is 51.9 Å². The minimum absolute atomic E-state index is 0. The van der Waals surface area contributed by atoms with Gasteiger partial charge in [-0.1, -0.05) is 26.2 Å². The maximum atomic E-state index is 12.8. The van der Waals surface area contributed by atoms with Crippen molar-refractivity contribution in [3.63, 3.8) is 0 Å². The van der Waals surface area contributed by atoms with Crippen molar-refractivity contribution in [2.45, 2.75) is 70.1 Å². The van der Waals surface area contributed by atoms with Crippen LogP contribution < -0.4 is 5.32 Å². The Balaban J connectivity index is 0.00000208. The molecule has 1 N–H and O–H groups in total. The lowest BCUT2D eigenvalue weighted by Crippen LogP contribution is -2.50. The molecule has 24 heavy (non-hydrogen) atoms. The predicted molar refractivity (Wildman–Crippen MR) is 98.7 cm³/mol. The van der Waals surface area contributed by atoms with Gasteiger partial charge in [0, 0.05) is 45.3 Å². The summed E-state index contributed by atoms with van der Waals surface area (Å²) >= 11 is 0. The number of piperazine rings is 1. The molecule has 0 aromatic carbocycles. The molecule has 1 amide bonds. The second kappa shape index (κ2) is 9.95. The molecule has 2 heterocycles. The first kappa shape index (κ1) is 20.0. The molecule has 0 bridgehead atoms. The lowest BCUT2D eigenvalue weighted by molar-refractivity contribution is -0.148. The van der Waals surface area contributed by atoms with E-state index in [0.29, 0.717) is 12.1 Å². The summed E-state index contributed by atoms with van der Waals surface area (Å²) in [5, 5.41) is 3.40. The number of halogens is 1. The number of rotatable bonds is 5. The van der Waals surface area contributed by atoms with Gasteiger partial charge in [0.25, 0.3) is 5.91 Å². The van der Waals surface area contributed by atoms with E-state index in [9.17, 15) is 4.79 Å². The van der Waals surface area contributed by atoms with Gasteiger partial charge >= 0.3 is 0 Å². The lowest BCUT2D eigenvalue weighted by Gasteiger charge is -2.33. The summed E-state index contributed by atoms with van der Waals surface area (Å²) in [6, 6.07) is 0.549. The van der Waals surface area contributed by atoms with Gasteiger partial charge in [-0.15, -0.1) is 12.4 Å². The highest BCUT2D eigenvalue weighted by Crippen LogP contribution is 2.24. The molecule has 2 saturated heterocycles. The zero-order valence-corrected chi connectivity index (χ0v) is 15.9. The van der Waals surface area contributed by atoms with E-state index in [1.807, 2.05) is 0 Å². The Morgan fingerprint density at radius 2 is 1.83 bits per heavy atom. The van der Waals surface area contributed by atoms with Crippen molar-refractivity contribution in [3.05, 3.63) is 0 Å². The average molecular weight is 360 g/mol. The number of nitrogens with one attached hydrogen (secondary N) is 1. The Kier molecular flexibility index (Phi) is 8.28. The fraction of sp³-hybridized carbons (Fsp3) is 0.944. The maximum absolute atomic E-state index is 12.8. The van der Waals surface area contributed by atoms with E-state index in [2.05, 4.69) is 22.0 Å². The Bertz CT molecular complexity index is 384. The van der Waals surface area contributed by atoms with Crippen LogP contribution in [0.25, 0.3) is 0 Å². The van der Waals surface area contributed by atoms with Crippen molar-refractivity contribution in [1.29, 1.82) is 0 Å². The number of ether oxygens (including phenoxy) is 1. The topological polar surface area (TPSA) is 44.8 Å². The maximum Gasteiger partial charge on any atom is 0.251 e. The van der Waals surface area contributed by atoms with E-state index < -0.39 is 0 Å². The van der Waals surface area contributed by atoms with Gasteiger partial charge in [-0.25, -0.2) is 0 Å². The van der Waals surface area contributed by atoms with Crippen LogP contribution in [0.5, 0.6) is 0 Å². The fourth-order valence-electron chi connectivity index (χ4n) is 4.25. The number of carbonyl (C=O) groups excluding carboxylic acids is 1. The number of likely N-dealkylation sites (tertiary alicyclic amines) is 1. The van der Waals surface area contributed by atoms with Crippen LogP contribution in [0.3, 0.4) is 0 Å². The third kappa shape index (κ3) is 5.07. The second-order valence-electron chi connectivity index (χ2n) is 7.31. The molecule has 5 nitrogen and oxygen atoms in total. The Hall–Kier alpha value is -0.360. The molecular formula is C18H34ClN3O2. The van der Waals surface area contributed by atoms with Crippen molar-refractivity contribution in [1.82, 2.24) is 15.1 Å². The van der Waals surface area contributed by atoms with E-state index in [4.69, 9.17) is 4.74 Å². The highest BCUT2D eigenvalue weighted by Gasteiger charge is 2.34. The Labute approximate surface area is 152 Å². The monoisotopic (exact) mass is 359 g/mol. The Morgan fingerprint density at radius 3 is 2.50 bits per heavy atom. The molecule has 2 atom stereocenters. The van der Waals surface area contributed by atoms with Gasteiger partial charge in [0.1, 0.15) is 6.10 Å². The molecule has 0 radical (unpaired) electrons. The van der Waals surface area contributed by atoms with Gasteiger partial charge in [-0.05, 0) is 25.7 Å². The molecule has 2 aliphatic heterocycles. The van der Waals surface area contributed by atoms with Gasteiger partial charge in [0.05, 0.1) is 6.10 Å². The first-order chi connectivity index (χ1) is 11.3. The number of amides is 1. The quantitative estimate of drug-likeness (QED) is 0.816. The standard InChI is InChI=1S/C18H33N3O2.ClH/c1-2-17(23-16-6-4-3-5-7-16)18(22)21-11-8-15(14-21)20-12-9-19-10-13-20;/h15-17,19H,2-14H2,1H3;1H. The lowest BCUT2D eigenvalue weighted by atomic mass is 9.97. The fourth-order valence-corrected chi connectivity index (χ4v) is 4.25. The van der Waals surface area contributed by atoms with E-state index in [1.165, 1.54) is 19.3 Å². The van der Waals surface area contributed by atoms with Gasteiger partial charge in [-0.2, -0.15) is 0 Å². The first-order valence-electron chi connectivity index (χ1n) is 9.67. The van der Waals surface area contributed by atoms with Crippen LogP contribution in [0, 0.1) is 0 Å². The minimum Gasteiger partial charge on any atom is -0.365 e. The van der Waals surface area contributed by atoms with E-state index in [0.717, 1.165) is 65.0 Å². The largest absolute Gasteiger partial charge is 0.365 e. The number of hydrogen-bond donors (Lipinski definition) is 1. The average Bonchev–Trinajstić information content (AvgIpc) is 3.11. The highest BCUT2D eigenvalue weighted by molar-refractivity contribution is 5.85. The SMILES string of the molecule is CCC(OC1CCCCC1)C(=O)N1CCC(N2CCNCC2)C1.Cl. The minimum atomic E-state index is -0.222. The van der Waals surface area contributed by atoms with Crippen LogP contribution in [-0.2, 0) is 9.53 Å². The number of hydrogen-bond acceptors (Lipinski definition) is 4. The van der Waals surface area contributed by atoms with Crippen LogP contribution in [-0.4, -0.2) is 73.2 Å². The second-order valence-corrected chi connectivity index (χ2v) is 7.31. The van der Waals surface area contributed by atoms with Crippen LogP contribution in [0.15, 0.2) is 0 Å². The third-order valence-electron chi connectivity index (χ3n) is 5.70. The van der Waals surface area contributed by atoms with Gasteiger partial charge in [0.2, 0.25) is 0 Å². The molecule has 1 saturated carbocycles. The van der Waals surface area contributed by atoms with E-state index in [-0.39, 0.29) is 24.4 Å². The van der Waals surface area contributed by atoms with E-state index in [1.54, 1.807) is 0 Å². The summed E-state index contributed by atoms with van der Waals surface area (Å²) in [6.45, 7) is 8.25. The van der Waals surface area contributed by atoms with Gasteiger partial charge in [-0.3, -0.25) is 9.69 Å². The number of carbonyl (C=O) groups is 1. The summed E-state index contributed by atoms with van der Waals surface area (Å²) in [4.78, 5) is 17.5. The molecule has 3 fully saturated rings. The summed E-state index contributed by atoms with van der Waals surface area (Å²) in [5.41, 5.74) is 0. The molecule has 6 heteroatoms. The highest BCUT2D eigenvalue weighted by atomic mass is 35.5. The van der Waals surface area contributed by atoms with Crippen molar-refractivity contribution >= 4 is 18.3 Å². The zero-order valence-electron chi connectivity index (χ0n) is 15.0. The third-order valence-corrected chi connectivity index (χ3v) is 5.70. The molecule has 1 aliphatic carbocycles. The molecule has 140 valence electrons. The van der Waals surface area contributed by atoms with Gasteiger partial charge < -0.3 is 15.0 Å². The normalized spacial score (nSPS) is 27.7. The summed E-state index contributed by atoms with van der Waals surface area (Å²) in [7, 11) is 0. The molecule has 0 aromatic heterocycles. The van der Waals surface area contributed by atoms with Gasteiger partial charge in [0.15, 0.2) is 0 Å². The summed E-state index contributed by atoms with van der Waals surface area (Å²) in [6.07, 6.45) is 8.09. The zero-order chi connectivity index (χ0) is 16.1. The molecule has 3 aliphatic rings. The van der Waals surface area contributed by atoms with Crippen LogP contribution in [0.4, 0.5) is 0 Å². The smallest absolute Gasteiger partial charge is 0.251 e. The predicted octanol–water partition coefficient (Wildman–Crippen LogP) is 2.04. The molecule has 3 rings (SSSR count). The van der Waals surface area contributed by atoms with Crippen molar-refractivity contribution in [2.24, 2.45) is 0 Å². The number of nitrogens with zero attached hydrogens (tertiary/aromatic N) is 2. The molecule has 0 aromatic rings. The molecule has 2 unspecified atom stereocenters. The molecular weight excluding hydrogens is 326 g/mol. The van der Waals surface area contributed by atoms with E-state index >= 15 is 0 Å². The van der Waals surface area contributed by atoms with Crippen molar-refractivity contribution in [3.8, 4) is 0 Å². The van der Waals surface area contributed by atoms with Crippen LogP contribution in [0.2, 0.25) is 0 Å². The first-order valence-corrected chi connectivity index (χ1v) is 9.67. The summed E-state index contributed by atoms with van der Waals surface area (Å²) < 4.78 is 6.18. The van der Waals surface area contributed by atoms with Crippen molar-refractivity contribution in [2.75, 3.05) is 39.3 Å². The Morgan fingerprint density at radius 1 is 1.12 bits per heavy atom. The van der Waals surface area contributed by atoms with Crippen molar-refractivity contribution < 1.29 is 9.53 Å². The van der Waals surface area contributed by atoms with Crippen LogP contribution >= 0.6 is 12.4 Å². The summed E-state index contributed by atoms with van der Waals surface area (Å²) in [5.74, 6) is 0.232. The molecule has 0 spiro atoms.